The van der Waals surface area contributed by atoms with Gasteiger partial charge in [-0.15, -0.1) is 0 Å². The van der Waals surface area contributed by atoms with Gasteiger partial charge in [0.25, 0.3) is 5.91 Å². The number of nitrogens with zero attached hydrogens (tertiary/aromatic N) is 4. The summed E-state index contributed by atoms with van der Waals surface area (Å²) >= 11 is 0. The summed E-state index contributed by atoms with van der Waals surface area (Å²) < 4.78 is 20.9. The first-order valence-electron chi connectivity index (χ1n) is 12.6. The van der Waals surface area contributed by atoms with E-state index < -0.39 is 5.82 Å². The molecular weight excluding hydrogens is 471 g/mol. The normalized spacial score (nSPS) is 23.6. The Kier molecular flexibility index (Phi) is 6.58. The Morgan fingerprint density at radius 1 is 1.30 bits per heavy atom. The van der Waals surface area contributed by atoms with Crippen molar-refractivity contribution in [1.29, 1.82) is 0 Å². The molecule has 0 radical (unpaired) electrons. The second-order valence-electron chi connectivity index (χ2n) is 9.71. The number of fused-ring (bicyclic) bond motifs is 2. The zero-order chi connectivity index (χ0) is 26.3. The minimum Gasteiger partial charge on any atom is -0.485 e. The van der Waals surface area contributed by atoms with Gasteiger partial charge < -0.3 is 19.4 Å². The van der Waals surface area contributed by atoms with Crippen molar-refractivity contribution in [1.82, 2.24) is 14.7 Å². The molecule has 5 rings (SSSR count). The number of hydrogen-bond donors (Lipinski definition) is 0. The zero-order valence-corrected chi connectivity index (χ0v) is 21.4. The Balaban J connectivity index is 1.44. The number of benzene rings is 1. The van der Waals surface area contributed by atoms with Crippen molar-refractivity contribution in [3.8, 4) is 5.75 Å². The van der Waals surface area contributed by atoms with Gasteiger partial charge in [-0.1, -0.05) is 31.7 Å². The number of carbonyl (C=O) groups is 2. The lowest BCUT2D eigenvalue weighted by Crippen LogP contribution is -2.58. The van der Waals surface area contributed by atoms with E-state index in [9.17, 15) is 9.59 Å². The Labute approximate surface area is 216 Å². The number of rotatable bonds is 5. The number of aliphatic imine (C=N–C) groups is 1. The van der Waals surface area contributed by atoms with Crippen LogP contribution in [0.25, 0.3) is 11.6 Å². The first kappa shape index (κ1) is 24.7. The number of amides is 1. The van der Waals surface area contributed by atoms with Crippen LogP contribution in [-0.4, -0.2) is 71.4 Å². The summed E-state index contributed by atoms with van der Waals surface area (Å²) in [4.78, 5) is 35.5. The Morgan fingerprint density at radius 2 is 2.11 bits per heavy atom. The maximum Gasteiger partial charge on any atom is 0.272 e. The molecule has 4 aliphatic rings. The van der Waals surface area contributed by atoms with E-state index in [2.05, 4.69) is 30.7 Å². The number of hydrogen-bond acceptors (Lipinski definition) is 6. The highest BCUT2D eigenvalue weighted by Crippen LogP contribution is 2.35. The van der Waals surface area contributed by atoms with E-state index in [-0.39, 0.29) is 29.9 Å². The van der Waals surface area contributed by atoms with Gasteiger partial charge in [0.15, 0.2) is 11.6 Å². The Morgan fingerprint density at radius 3 is 2.86 bits per heavy atom. The quantitative estimate of drug-likeness (QED) is 0.566. The summed E-state index contributed by atoms with van der Waals surface area (Å²) in [5, 5.41) is 0. The highest BCUT2D eigenvalue weighted by molar-refractivity contribution is 6.43. The summed E-state index contributed by atoms with van der Waals surface area (Å²) in [5.74, 6) is -0.0199. The van der Waals surface area contributed by atoms with E-state index >= 15 is 4.39 Å². The predicted molar refractivity (Wildman–Crippen MR) is 142 cm³/mol. The summed E-state index contributed by atoms with van der Waals surface area (Å²) in [5.41, 5.74) is 2.96. The van der Waals surface area contributed by atoms with Crippen LogP contribution in [-0.2, 0) is 9.59 Å². The minimum atomic E-state index is -0.539. The van der Waals surface area contributed by atoms with Crippen LogP contribution in [0.5, 0.6) is 5.75 Å². The molecule has 0 aliphatic carbocycles. The molecule has 4 heterocycles. The van der Waals surface area contributed by atoms with Gasteiger partial charge in [-0.05, 0) is 49.8 Å². The molecule has 4 aliphatic heterocycles. The standard InChI is InChI=1S/C29H31FN4O3/c1-5-22-15-24(29(36)34-12-11-33-10-6-7-25(33)19(34)3)31-26(32(22)4)13-18(2)23-9-8-21-14-20(16-35)17-37-28(21)27(23)30/h6,8-10,13-16,19,25H,2,5,7,11-12,17H2,1,3-4H3/b26-13-. The van der Waals surface area contributed by atoms with Gasteiger partial charge in [-0.3, -0.25) is 9.59 Å². The number of aldehydes is 1. The van der Waals surface area contributed by atoms with E-state index in [1.807, 2.05) is 29.8 Å². The van der Waals surface area contributed by atoms with Crippen molar-refractivity contribution in [2.45, 2.75) is 38.8 Å². The largest absolute Gasteiger partial charge is 0.485 e. The van der Waals surface area contributed by atoms with Crippen LogP contribution in [0.1, 0.15) is 37.8 Å². The molecular formula is C29H31FN4O3. The van der Waals surface area contributed by atoms with Gasteiger partial charge in [0.2, 0.25) is 0 Å². The van der Waals surface area contributed by atoms with E-state index in [4.69, 9.17) is 9.73 Å². The van der Waals surface area contributed by atoms with Gasteiger partial charge >= 0.3 is 0 Å². The predicted octanol–water partition coefficient (Wildman–Crippen LogP) is 4.15. The molecule has 8 heteroatoms. The van der Waals surface area contributed by atoms with Gasteiger partial charge in [0, 0.05) is 48.6 Å². The van der Waals surface area contributed by atoms with Crippen LogP contribution < -0.4 is 4.74 Å². The fourth-order valence-electron chi connectivity index (χ4n) is 5.35. The summed E-state index contributed by atoms with van der Waals surface area (Å²) in [6.07, 6.45) is 11.8. The van der Waals surface area contributed by atoms with Crippen molar-refractivity contribution >= 4 is 29.6 Å². The van der Waals surface area contributed by atoms with Crippen LogP contribution in [0, 0.1) is 5.82 Å². The van der Waals surface area contributed by atoms with Crippen molar-refractivity contribution in [2.24, 2.45) is 4.99 Å². The molecule has 1 saturated heterocycles. The molecule has 0 saturated carbocycles. The number of piperazine rings is 1. The molecule has 0 spiro atoms. The average Bonchev–Trinajstić information content (AvgIpc) is 3.39. The second kappa shape index (κ2) is 9.84. The molecule has 37 heavy (non-hydrogen) atoms. The molecule has 1 fully saturated rings. The Hall–Kier alpha value is -3.94. The molecule has 1 aromatic rings. The number of allylic oxidation sites excluding steroid dienone is 3. The smallest absolute Gasteiger partial charge is 0.272 e. The fourth-order valence-corrected chi connectivity index (χ4v) is 5.35. The van der Waals surface area contributed by atoms with E-state index in [0.717, 1.165) is 18.7 Å². The third kappa shape index (κ3) is 4.41. The number of halogens is 1. The maximum atomic E-state index is 15.4. The van der Waals surface area contributed by atoms with Crippen LogP contribution >= 0.6 is 0 Å². The highest BCUT2D eigenvalue weighted by atomic mass is 19.1. The monoisotopic (exact) mass is 502 g/mol. The maximum absolute atomic E-state index is 15.4. The van der Waals surface area contributed by atoms with Gasteiger partial charge in [-0.25, -0.2) is 9.38 Å². The molecule has 7 nitrogen and oxygen atoms in total. The first-order chi connectivity index (χ1) is 17.8. The molecule has 0 N–H and O–H groups in total. The fraction of sp³-hybridized carbons (Fsp3) is 0.345. The lowest BCUT2D eigenvalue weighted by atomic mass is 10.00. The molecule has 2 unspecified atom stereocenters. The molecule has 0 bridgehead atoms. The van der Waals surface area contributed by atoms with Gasteiger partial charge in [-0.2, -0.15) is 0 Å². The highest BCUT2D eigenvalue weighted by Gasteiger charge is 2.37. The first-order valence-corrected chi connectivity index (χ1v) is 12.6. The van der Waals surface area contributed by atoms with Gasteiger partial charge in [0.1, 0.15) is 24.4 Å². The molecule has 192 valence electrons. The van der Waals surface area contributed by atoms with Crippen LogP contribution in [0.2, 0.25) is 0 Å². The van der Waals surface area contributed by atoms with E-state index in [1.165, 1.54) is 0 Å². The topological polar surface area (TPSA) is 65.5 Å². The van der Waals surface area contributed by atoms with Gasteiger partial charge in [0.05, 0.1) is 6.04 Å². The third-order valence-corrected chi connectivity index (χ3v) is 7.56. The SMILES string of the molecule is C=C(/C=C1/N=C(C(=O)N2CCN3C=CCC3C2C)C=C(CC)N1C)c1ccc2c(c1F)OCC(C=O)=C2. The Bertz CT molecular complexity index is 1320. The third-order valence-electron chi connectivity index (χ3n) is 7.56. The van der Waals surface area contributed by atoms with Crippen LogP contribution in [0.15, 0.2) is 65.2 Å². The lowest BCUT2D eigenvalue weighted by molar-refractivity contribution is -0.129. The lowest BCUT2D eigenvalue weighted by Gasteiger charge is -2.44. The van der Waals surface area contributed by atoms with E-state index in [0.29, 0.717) is 53.5 Å². The molecule has 0 aromatic heterocycles. The van der Waals surface area contributed by atoms with Crippen molar-refractivity contribution in [3.63, 3.8) is 0 Å². The number of ether oxygens (including phenoxy) is 1. The minimum absolute atomic E-state index is 0.0250. The molecule has 1 amide bonds. The summed E-state index contributed by atoms with van der Waals surface area (Å²) in [6, 6.07) is 3.69. The summed E-state index contributed by atoms with van der Waals surface area (Å²) in [7, 11) is 1.88. The molecule has 2 atom stereocenters. The molecule has 1 aromatic carbocycles. The average molecular weight is 503 g/mol. The number of carbonyl (C=O) groups excluding carboxylic acids is 2. The van der Waals surface area contributed by atoms with Crippen molar-refractivity contribution in [3.05, 3.63) is 77.2 Å². The second-order valence-corrected chi connectivity index (χ2v) is 9.71. The van der Waals surface area contributed by atoms with Crippen molar-refractivity contribution in [2.75, 3.05) is 26.7 Å². The van der Waals surface area contributed by atoms with Crippen LogP contribution in [0.4, 0.5) is 4.39 Å². The van der Waals surface area contributed by atoms with E-state index in [1.54, 1.807) is 24.3 Å². The van der Waals surface area contributed by atoms with Crippen LogP contribution in [0.3, 0.4) is 0 Å². The zero-order valence-electron chi connectivity index (χ0n) is 21.4. The van der Waals surface area contributed by atoms with Crippen molar-refractivity contribution < 1.29 is 18.7 Å². The summed E-state index contributed by atoms with van der Waals surface area (Å²) in [6.45, 7) is 9.67.